The lowest BCUT2D eigenvalue weighted by Crippen LogP contribution is -2.39. The third-order valence-electron chi connectivity index (χ3n) is 4.69. The Hall–Kier alpha value is -3.35. The first-order valence-corrected chi connectivity index (χ1v) is 8.98. The van der Waals surface area contributed by atoms with Gasteiger partial charge in [-0.25, -0.2) is 19.9 Å². The van der Waals surface area contributed by atoms with E-state index in [-0.39, 0.29) is 11.8 Å². The van der Waals surface area contributed by atoms with Gasteiger partial charge in [0.25, 0.3) is 5.91 Å². The van der Waals surface area contributed by atoms with E-state index in [1.165, 1.54) is 11.9 Å². The van der Waals surface area contributed by atoms with Crippen molar-refractivity contribution < 1.29 is 4.79 Å². The van der Waals surface area contributed by atoms with Crippen molar-refractivity contribution in [3.05, 3.63) is 72.6 Å². The number of pyridine rings is 2. The molecule has 1 fully saturated rings. The van der Waals surface area contributed by atoms with Crippen LogP contribution in [0.15, 0.2) is 61.4 Å². The number of hydrogen-bond acceptors (Lipinski definition) is 6. The van der Waals surface area contributed by atoms with Crippen LogP contribution in [0.3, 0.4) is 0 Å². The van der Waals surface area contributed by atoms with Crippen LogP contribution >= 0.6 is 0 Å². The van der Waals surface area contributed by atoms with Crippen LogP contribution in [-0.2, 0) is 0 Å². The van der Waals surface area contributed by atoms with E-state index >= 15 is 0 Å². The zero-order chi connectivity index (χ0) is 18.5. The molecule has 1 amide bonds. The molecule has 27 heavy (non-hydrogen) atoms. The molecular formula is C20H20N6O. The molecule has 0 spiro atoms. The number of carbonyl (C=O) groups is 1. The smallest absolute Gasteiger partial charge is 0.257 e. The van der Waals surface area contributed by atoms with Gasteiger partial charge in [-0.1, -0.05) is 6.07 Å². The Morgan fingerprint density at radius 2 is 1.93 bits per heavy atom. The molecule has 0 aromatic carbocycles. The van der Waals surface area contributed by atoms with Gasteiger partial charge >= 0.3 is 0 Å². The maximum absolute atomic E-state index is 12.7. The highest BCUT2D eigenvalue weighted by atomic mass is 16.2. The molecular weight excluding hydrogens is 340 g/mol. The molecule has 3 aromatic heterocycles. The fourth-order valence-corrected chi connectivity index (χ4v) is 3.36. The zero-order valence-electron chi connectivity index (χ0n) is 14.8. The Balaban J connectivity index is 1.48. The summed E-state index contributed by atoms with van der Waals surface area (Å²) in [6.07, 6.45) is 10.1. The number of nitrogens with zero attached hydrogens (tertiary/aromatic N) is 5. The zero-order valence-corrected chi connectivity index (χ0v) is 14.8. The minimum absolute atomic E-state index is 0.0128. The Morgan fingerprint density at radius 1 is 1.07 bits per heavy atom. The van der Waals surface area contributed by atoms with Gasteiger partial charge in [-0.05, 0) is 42.7 Å². The highest BCUT2D eigenvalue weighted by Gasteiger charge is 2.26. The number of hydrogen-bond donors (Lipinski definition) is 1. The van der Waals surface area contributed by atoms with Crippen LogP contribution in [0.25, 0.3) is 0 Å². The van der Waals surface area contributed by atoms with Crippen LogP contribution in [-0.4, -0.2) is 43.8 Å². The Kier molecular flexibility index (Phi) is 5.00. The third kappa shape index (κ3) is 4.08. The van der Waals surface area contributed by atoms with Gasteiger partial charge in [-0.15, -0.1) is 0 Å². The van der Waals surface area contributed by atoms with E-state index in [0.717, 1.165) is 31.0 Å². The molecule has 3 aromatic rings. The number of nitrogens with one attached hydrogen (secondary N) is 1. The summed E-state index contributed by atoms with van der Waals surface area (Å²) in [5.41, 5.74) is 1.70. The molecule has 1 aliphatic heterocycles. The second kappa shape index (κ2) is 7.90. The molecule has 0 bridgehead atoms. The van der Waals surface area contributed by atoms with Crippen molar-refractivity contribution in [1.29, 1.82) is 0 Å². The number of anilines is 2. The van der Waals surface area contributed by atoms with Gasteiger partial charge in [0.05, 0.1) is 5.56 Å². The lowest BCUT2D eigenvalue weighted by molar-refractivity contribution is 0.0706. The summed E-state index contributed by atoms with van der Waals surface area (Å²) in [7, 11) is 0. The van der Waals surface area contributed by atoms with Gasteiger partial charge < -0.3 is 10.2 Å². The van der Waals surface area contributed by atoms with Gasteiger partial charge in [-0.2, -0.15) is 0 Å². The van der Waals surface area contributed by atoms with Crippen molar-refractivity contribution in [3.63, 3.8) is 0 Å². The molecule has 7 heteroatoms. The van der Waals surface area contributed by atoms with E-state index in [4.69, 9.17) is 0 Å². The van der Waals surface area contributed by atoms with Crippen LogP contribution in [0.2, 0.25) is 0 Å². The van der Waals surface area contributed by atoms with Crippen molar-refractivity contribution in [2.75, 3.05) is 18.4 Å². The summed E-state index contributed by atoms with van der Waals surface area (Å²) in [5, 5.41) is 3.22. The summed E-state index contributed by atoms with van der Waals surface area (Å²) >= 11 is 0. The number of aromatic nitrogens is 4. The predicted molar refractivity (Wildman–Crippen MR) is 102 cm³/mol. The van der Waals surface area contributed by atoms with Gasteiger partial charge in [0.1, 0.15) is 18.0 Å². The Labute approximate surface area is 157 Å². The van der Waals surface area contributed by atoms with Gasteiger partial charge in [0.2, 0.25) is 0 Å². The molecule has 0 aliphatic carbocycles. The maximum Gasteiger partial charge on any atom is 0.257 e. The Bertz CT molecular complexity index is 903. The summed E-state index contributed by atoms with van der Waals surface area (Å²) in [6, 6.07) is 9.77. The van der Waals surface area contributed by atoms with Crippen LogP contribution in [0.4, 0.5) is 11.6 Å². The lowest BCUT2D eigenvalue weighted by atomic mass is 9.91. The topological polar surface area (TPSA) is 83.9 Å². The second-order valence-electron chi connectivity index (χ2n) is 6.53. The van der Waals surface area contributed by atoms with Crippen LogP contribution in [0.5, 0.6) is 0 Å². The van der Waals surface area contributed by atoms with E-state index in [9.17, 15) is 4.79 Å². The monoisotopic (exact) mass is 360 g/mol. The molecule has 1 N–H and O–H groups in total. The van der Waals surface area contributed by atoms with Gasteiger partial charge in [0, 0.05) is 43.8 Å². The quantitative estimate of drug-likeness (QED) is 0.770. The largest absolute Gasteiger partial charge is 0.338 e. The number of carbonyl (C=O) groups excluding carboxylic acids is 1. The molecule has 1 saturated heterocycles. The van der Waals surface area contributed by atoms with E-state index in [2.05, 4.69) is 25.3 Å². The SMILES string of the molecule is O=C(c1cncnc1)N1CCC[C@@H](c2ccnc(Nc3ccccn3)c2)C1. The first kappa shape index (κ1) is 17.1. The van der Waals surface area contributed by atoms with Crippen molar-refractivity contribution in [3.8, 4) is 0 Å². The first-order chi connectivity index (χ1) is 13.3. The molecule has 0 radical (unpaired) electrons. The third-order valence-corrected chi connectivity index (χ3v) is 4.69. The molecule has 0 unspecified atom stereocenters. The predicted octanol–water partition coefficient (Wildman–Crippen LogP) is 3.03. The van der Waals surface area contributed by atoms with Crippen molar-refractivity contribution >= 4 is 17.5 Å². The second-order valence-corrected chi connectivity index (χ2v) is 6.53. The number of amides is 1. The minimum Gasteiger partial charge on any atom is -0.338 e. The van der Waals surface area contributed by atoms with E-state index in [1.54, 1.807) is 24.8 Å². The van der Waals surface area contributed by atoms with Crippen LogP contribution in [0, 0.1) is 0 Å². The first-order valence-electron chi connectivity index (χ1n) is 8.98. The number of piperidine rings is 1. The highest BCUT2D eigenvalue weighted by Crippen LogP contribution is 2.29. The van der Waals surface area contributed by atoms with E-state index in [1.807, 2.05) is 35.2 Å². The number of likely N-dealkylation sites (tertiary alicyclic amines) is 1. The standard InChI is InChI=1S/C20H20N6O/c27-20(17-11-21-14-22-12-17)26-9-3-4-16(13-26)15-6-8-24-19(10-15)25-18-5-1-2-7-23-18/h1-2,5-8,10-12,14,16H,3-4,9,13H2,(H,23,24,25)/t16-/m1/s1. The average Bonchev–Trinajstić information content (AvgIpc) is 2.75. The van der Waals surface area contributed by atoms with Gasteiger partial charge in [-0.3, -0.25) is 4.79 Å². The summed E-state index contributed by atoms with van der Waals surface area (Å²) in [5.74, 6) is 1.78. The maximum atomic E-state index is 12.7. The fourth-order valence-electron chi connectivity index (χ4n) is 3.36. The molecule has 4 heterocycles. The van der Waals surface area contributed by atoms with Gasteiger partial charge in [0.15, 0.2) is 0 Å². The summed E-state index contributed by atoms with van der Waals surface area (Å²) in [4.78, 5) is 31.1. The van der Waals surface area contributed by atoms with Crippen LogP contribution in [0.1, 0.15) is 34.7 Å². The van der Waals surface area contributed by atoms with Crippen molar-refractivity contribution in [2.45, 2.75) is 18.8 Å². The Morgan fingerprint density at radius 3 is 2.74 bits per heavy atom. The lowest BCUT2D eigenvalue weighted by Gasteiger charge is -2.33. The van der Waals surface area contributed by atoms with E-state index in [0.29, 0.717) is 12.1 Å². The van der Waals surface area contributed by atoms with E-state index < -0.39 is 0 Å². The minimum atomic E-state index is -0.0128. The van der Waals surface area contributed by atoms with Crippen molar-refractivity contribution in [1.82, 2.24) is 24.8 Å². The molecule has 4 rings (SSSR count). The fraction of sp³-hybridized carbons (Fsp3) is 0.250. The molecule has 1 atom stereocenters. The molecule has 0 saturated carbocycles. The molecule has 136 valence electrons. The average molecular weight is 360 g/mol. The van der Waals surface area contributed by atoms with Crippen molar-refractivity contribution in [2.24, 2.45) is 0 Å². The summed E-state index contributed by atoms with van der Waals surface area (Å²) in [6.45, 7) is 1.44. The molecule has 7 nitrogen and oxygen atoms in total. The summed E-state index contributed by atoms with van der Waals surface area (Å²) < 4.78 is 0. The molecule has 1 aliphatic rings. The van der Waals surface area contributed by atoms with Crippen LogP contribution < -0.4 is 5.32 Å². The highest BCUT2D eigenvalue weighted by molar-refractivity contribution is 5.93. The number of rotatable bonds is 4. The normalized spacial score (nSPS) is 16.7.